The van der Waals surface area contributed by atoms with Crippen LogP contribution in [0.2, 0.25) is 0 Å². The molecule has 2 amide bonds. The van der Waals surface area contributed by atoms with Crippen LogP contribution in [0.4, 0.5) is 8.78 Å². The molecule has 0 saturated carbocycles. The molecule has 1 unspecified atom stereocenters. The molecule has 1 aromatic heterocycles. The molecule has 0 saturated heterocycles. The van der Waals surface area contributed by atoms with Crippen LogP contribution < -0.4 is 20.5 Å². The van der Waals surface area contributed by atoms with E-state index in [0.29, 0.717) is 11.3 Å². The standard InChI is InChI=1S/C26H24F2N4O5/c1-2-35-25(24-20(27)10-19(11-21(24)28)36-14-18-5-3-4-8-31-18)26(34)32-13-17-7-6-16(12-29)9-22(17)37-15-23(30)33/h3-11,25H,2,13-15H2,1H3,(H2,30,33)(H,32,34). The highest BCUT2D eigenvalue weighted by Gasteiger charge is 2.28. The lowest BCUT2D eigenvalue weighted by Gasteiger charge is -2.20. The third-order valence-corrected chi connectivity index (χ3v) is 5.02. The van der Waals surface area contributed by atoms with Crippen molar-refractivity contribution in [3.63, 3.8) is 0 Å². The van der Waals surface area contributed by atoms with E-state index in [1.807, 2.05) is 6.07 Å². The van der Waals surface area contributed by atoms with E-state index in [4.69, 9.17) is 25.2 Å². The Morgan fingerprint density at radius 2 is 1.89 bits per heavy atom. The van der Waals surface area contributed by atoms with Crippen molar-refractivity contribution in [2.75, 3.05) is 13.2 Å². The van der Waals surface area contributed by atoms with Gasteiger partial charge in [-0.2, -0.15) is 5.26 Å². The number of hydrogen-bond donors (Lipinski definition) is 2. The Hall–Kier alpha value is -4.56. The van der Waals surface area contributed by atoms with Crippen molar-refractivity contribution in [2.45, 2.75) is 26.2 Å². The summed E-state index contributed by atoms with van der Waals surface area (Å²) in [6.45, 7) is 0.994. The van der Waals surface area contributed by atoms with Gasteiger partial charge in [-0.1, -0.05) is 12.1 Å². The fraction of sp³-hybridized carbons (Fsp3) is 0.231. The summed E-state index contributed by atoms with van der Waals surface area (Å²) < 4.78 is 46.1. The van der Waals surface area contributed by atoms with Crippen LogP contribution in [-0.2, 0) is 27.5 Å². The average Bonchev–Trinajstić information content (AvgIpc) is 2.89. The number of amides is 2. The summed E-state index contributed by atoms with van der Waals surface area (Å²) in [6, 6.07) is 13.4. The number of nitrogens with one attached hydrogen (secondary N) is 1. The van der Waals surface area contributed by atoms with Gasteiger partial charge >= 0.3 is 0 Å². The maximum absolute atomic E-state index is 15.0. The van der Waals surface area contributed by atoms with Gasteiger partial charge < -0.3 is 25.3 Å². The van der Waals surface area contributed by atoms with E-state index < -0.39 is 41.7 Å². The first kappa shape index (κ1) is 27.0. The number of carbonyl (C=O) groups is 2. The fourth-order valence-corrected chi connectivity index (χ4v) is 3.32. The number of ether oxygens (including phenoxy) is 3. The van der Waals surface area contributed by atoms with Crippen LogP contribution in [0.15, 0.2) is 54.7 Å². The highest BCUT2D eigenvalue weighted by Crippen LogP contribution is 2.29. The van der Waals surface area contributed by atoms with E-state index in [1.165, 1.54) is 18.2 Å². The lowest BCUT2D eigenvalue weighted by molar-refractivity contribution is -0.133. The summed E-state index contributed by atoms with van der Waals surface area (Å²) in [5.41, 5.74) is 5.77. The number of nitriles is 1. The number of nitrogens with zero attached hydrogens (tertiary/aromatic N) is 2. The van der Waals surface area contributed by atoms with E-state index in [0.717, 1.165) is 12.1 Å². The Kier molecular flexibility index (Phi) is 9.46. The monoisotopic (exact) mass is 510 g/mol. The van der Waals surface area contributed by atoms with Crippen LogP contribution in [0.25, 0.3) is 0 Å². The molecule has 192 valence electrons. The minimum absolute atomic E-state index is 0.000803. The summed E-state index contributed by atoms with van der Waals surface area (Å²) in [7, 11) is 0. The molecular formula is C26H24F2N4O5. The molecule has 0 radical (unpaired) electrons. The SMILES string of the molecule is CCOC(C(=O)NCc1ccc(C#N)cc1OCC(N)=O)c1c(F)cc(OCc2ccccn2)cc1F. The minimum atomic E-state index is -1.59. The molecular weight excluding hydrogens is 486 g/mol. The molecule has 3 aromatic rings. The average molecular weight is 510 g/mol. The first-order valence-electron chi connectivity index (χ1n) is 11.2. The predicted octanol–water partition coefficient (Wildman–Crippen LogP) is 3.07. The smallest absolute Gasteiger partial charge is 0.255 e. The molecule has 2 aromatic carbocycles. The van der Waals surface area contributed by atoms with Crippen molar-refractivity contribution >= 4 is 11.8 Å². The van der Waals surface area contributed by atoms with Gasteiger partial charge in [0.1, 0.15) is 29.7 Å². The number of hydrogen-bond acceptors (Lipinski definition) is 7. The maximum Gasteiger partial charge on any atom is 0.255 e. The van der Waals surface area contributed by atoms with Crippen molar-refractivity contribution in [1.82, 2.24) is 10.3 Å². The largest absolute Gasteiger partial charge is 0.487 e. The first-order chi connectivity index (χ1) is 17.8. The van der Waals surface area contributed by atoms with E-state index in [-0.39, 0.29) is 36.8 Å². The van der Waals surface area contributed by atoms with Crippen LogP contribution in [0.3, 0.4) is 0 Å². The molecule has 3 rings (SSSR count). The Morgan fingerprint density at radius 1 is 1.14 bits per heavy atom. The Bertz CT molecular complexity index is 1270. The maximum atomic E-state index is 15.0. The van der Waals surface area contributed by atoms with Gasteiger partial charge in [-0.3, -0.25) is 14.6 Å². The topological polar surface area (TPSA) is 137 Å². The van der Waals surface area contributed by atoms with Crippen molar-refractivity contribution in [3.8, 4) is 17.6 Å². The van der Waals surface area contributed by atoms with Crippen LogP contribution in [0.5, 0.6) is 11.5 Å². The number of primary amides is 1. The number of rotatable bonds is 12. The minimum Gasteiger partial charge on any atom is -0.487 e. The molecule has 0 aliphatic carbocycles. The van der Waals surface area contributed by atoms with Gasteiger partial charge in [0.25, 0.3) is 11.8 Å². The summed E-state index contributed by atoms with van der Waals surface area (Å²) in [6.07, 6.45) is -0.0258. The summed E-state index contributed by atoms with van der Waals surface area (Å²) in [5.74, 6) is -3.51. The second-order valence-electron chi connectivity index (χ2n) is 7.65. The number of aromatic nitrogens is 1. The molecule has 9 nitrogen and oxygen atoms in total. The third-order valence-electron chi connectivity index (χ3n) is 5.02. The molecule has 0 aliphatic heterocycles. The predicted molar refractivity (Wildman–Crippen MR) is 127 cm³/mol. The molecule has 1 atom stereocenters. The van der Waals surface area contributed by atoms with Gasteiger partial charge in [-0.25, -0.2) is 8.78 Å². The number of benzene rings is 2. The number of halogens is 2. The molecule has 0 spiro atoms. The van der Waals surface area contributed by atoms with Gasteiger partial charge in [-0.15, -0.1) is 0 Å². The van der Waals surface area contributed by atoms with E-state index in [2.05, 4.69) is 10.3 Å². The molecule has 1 heterocycles. The molecule has 0 bridgehead atoms. The highest BCUT2D eigenvalue weighted by atomic mass is 19.1. The quantitative estimate of drug-likeness (QED) is 0.382. The number of nitrogens with two attached hydrogens (primary N) is 1. The molecule has 0 aliphatic rings. The first-order valence-corrected chi connectivity index (χ1v) is 11.2. The van der Waals surface area contributed by atoms with Crippen molar-refractivity contribution < 1.29 is 32.6 Å². The molecule has 3 N–H and O–H groups in total. The van der Waals surface area contributed by atoms with E-state index in [9.17, 15) is 18.4 Å². The molecule has 11 heteroatoms. The van der Waals surface area contributed by atoms with Gasteiger partial charge in [-0.05, 0) is 31.2 Å². The second-order valence-corrected chi connectivity index (χ2v) is 7.65. The van der Waals surface area contributed by atoms with Gasteiger partial charge in [0.2, 0.25) is 0 Å². The molecule has 37 heavy (non-hydrogen) atoms. The normalized spacial score (nSPS) is 11.3. The lowest BCUT2D eigenvalue weighted by atomic mass is 10.1. The Morgan fingerprint density at radius 3 is 2.51 bits per heavy atom. The number of pyridine rings is 1. The Balaban J connectivity index is 1.76. The third kappa shape index (κ3) is 7.46. The second kappa shape index (κ2) is 12.9. The highest BCUT2D eigenvalue weighted by molar-refractivity contribution is 5.82. The van der Waals surface area contributed by atoms with E-state index >= 15 is 0 Å². The number of carbonyl (C=O) groups excluding carboxylic acids is 2. The van der Waals surface area contributed by atoms with Crippen molar-refractivity contribution in [2.24, 2.45) is 5.73 Å². The van der Waals surface area contributed by atoms with Crippen LogP contribution in [-0.4, -0.2) is 30.0 Å². The summed E-state index contributed by atoms with van der Waals surface area (Å²) in [5, 5.41) is 11.7. The Labute approximate surface area is 211 Å². The van der Waals surface area contributed by atoms with E-state index in [1.54, 1.807) is 31.3 Å². The van der Waals surface area contributed by atoms with Gasteiger partial charge in [0.05, 0.1) is 22.9 Å². The summed E-state index contributed by atoms with van der Waals surface area (Å²) in [4.78, 5) is 28.1. The molecule has 0 fully saturated rings. The zero-order chi connectivity index (χ0) is 26.8. The summed E-state index contributed by atoms with van der Waals surface area (Å²) >= 11 is 0. The van der Waals surface area contributed by atoms with Crippen molar-refractivity contribution in [3.05, 3.63) is 88.7 Å². The fourth-order valence-electron chi connectivity index (χ4n) is 3.32. The lowest BCUT2D eigenvalue weighted by Crippen LogP contribution is -2.32. The zero-order valence-electron chi connectivity index (χ0n) is 19.9. The van der Waals surface area contributed by atoms with Crippen LogP contribution >= 0.6 is 0 Å². The van der Waals surface area contributed by atoms with Crippen molar-refractivity contribution in [1.29, 1.82) is 5.26 Å². The van der Waals surface area contributed by atoms with Crippen LogP contribution in [0, 0.1) is 23.0 Å². The van der Waals surface area contributed by atoms with Gasteiger partial charge in [0.15, 0.2) is 12.7 Å². The van der Waals surface area contributed by atoms with Crippen LogP contribution in [0.1, 0.15) is 35.4 Å². The van der Waals surface area contributed by atoms with Gasteiger partial charge in [0, 0.05) is 37.0 Å². The zero-order valence-corrected chi connectivity index (χ0v) is 19.9.